The summed E-state index contributed by atoms with van der Waals surface area (Å²) in [4.78, 5) is 4.35. The van der Waals surface area contributed by atoms with Crippen molar-refractivity contribution in [1.82, 2.24) is 14.8 Å². The Balaban J connectivity index is 1.65. The van der Waals surface area contributed by atoms with Gasteiger partial charge in [0.1, 0.15) is 0 Å². The molecule has 1 fully saturated rings. The first-order valence-electron chi connectivity index (χ1n) is 7.81. The van der Waals surface area contributed by atoms with Crippen LogP contribution in [0.25, 0.3) is 16.9 Å². The van der Waals surface area contributed by atoms with Crippen LogP contribution in [-0.2, 0) is 5.41 Å². The third-order valence-corrected chi connectivity index (χ3v) is 4.17. The van der Waals surface area contributed by atoms with Crippen LogP contribution in [0.3, 0.4) is 0 Å². The van der Waals surface area contributed by atoms with Crippen molar-refractivity contribution in [2.45, 2.75) is 18.3 Å². The van der Waals surface area contributed by atoms with E-state index in [2.05, 4.69) is 16.2 Å². The van der Waals surface area contributed by atoms with E-state index in [0.29, 0.717) is 23.0 Å². The zero-order chi connectivity index (χ0) is 16.7. The number of rotatable bonds is 3. The first-order valence-corrected chi connectivity index (χ1v) is 7.31. The van der Waals surface area contributed by atoms with Gasteiger partial charge in [-0.05, 0) is 30.5 Å². The number of halogens is 1. The molecule has 112 valence electrons. The standard InChI is InChI=1S/C18H13FN4/c19-15-9-22-23(11-15)16-5-6-17(21-10-16)13-1-3-14(4-2-13)18(12-20)7-8-18/h1-6,9-11H,7-8H2/i1D. The molecular formula is C18H13FN4. The summed E-state index contributed by atoms with van der Waals surface area (Å²) >= 11 is 0. The molecular weight excluding hydrogens is 291 g/mol. The molecule has 23 heavy (non-hydrogen) atoms. The van der Waals surface area contributed by atoms with Crippen molar-refractivity contribution in [2.24, 2.45) is 0 Å². The van der Waals surface area contributed by atoms with Crippen LogP contribution in [0.4, 0.5) is 4.39 Å². The summed E-state index contributed by atoms with van der Waals surface area (Å²) in [6.45, 7) is 0. The molecule has 1 aromatic carbocycles. The highest BCUT2D eigenvalue weighted by Crippen LogP contribution is 2.47. The van der Waals surface area contributed by atoms with Gasteiger partial charge in [-0.2, -0.15) is 10.4 Å². The summed E-state index contributed by atoms with van der Waals surface area (Å²) in [6.07, 6.45) is 5.72. The second-order valence-corrected chi connectivity index (χ2v) is 5.69. The minimum atomic E-state index is -0.408. The molecule has 5 heteroatoms. The number of hydrogen-bond donors (Lipinski definition) is 0. The lowest BCUT2D eigenvalue weighted by Gasteiger charge is -2.08. The highest BCUT2D eigenvalue weighted by Gasteiger charge is 2.44. The second-order valence-electron chi connectivity index (χ2n) is 5.69. The smallest absolute Gasteiger partial charge is 0.161 e. The minimum absolute atomic E-state index is 0.347. The molecule has 2 aromatic heterocycles. The number of pyridine rings is 1. The van der Waals surface area contributed by atoms with Gasteiger partial charge >= 0.3 is 0 Å². The van der Waals surface area contributed by atoms with Crippen LogP contribution >= 0.6 is 0 Å². The van der Waals surface area contributed by atoms with Gasteiger partial charge in [-0.25, -0.2) is 9.07 Å². The summed E-state index contributed by atoms with van der Waals surface area (Å²) in [5, 5.41) is 13.2. The molecule has 2 heterocycles. The number of aromatic nitrogens is 3. The van der Waals surface area contributed by atoms with E-state index in [4.69, 9.17) is 1.37 Å². The van der Waals surface area contributed by atoms with E-state index >= 15 is 0 Å². The Morgan fingerprint density at radius 1 is 1.22 bits per heavy atom. The molecule has 0 saturated heterocycles. The van der Waals surface area contributed by atoms with Crippen molar-refractivity contribution >= 4 is 0 Å². The number of nitrogens with zero attached hydrogens (tertiary/aromatic N) is 4. The SMILES string of the molecule is [2H]c1cc(C2(C#N)CC2)ccc1-c1ccc(-n2cc(F)cn2)cn1. The zero-order valence-electron chi connectivity index (χ0n) is 13.2. The summed E-state index contributed by atoms with van der Waals surface area (Å²) in [5.74, 6) is -0.408. The molecule has 0 atom stereocenters. The van der Waals surface area contributed by atoms with Crippen LogP contribution in [0, 0.1) is 17.1 Å². The van der Waals surface area contributed by atoms with Crippen molar-refractivity contribution in [1.29, 1.82) is 5.26 Å². The van der Waals surface area contributed by atoms with E-state index in [1.54, 1.807) is 24.4 Å². The molecule has 1 aliphatic carbocycles. The fourth-order valence-electron chi connectivity index (χ4n) is 2.59. The van der Waals surface area contributed by atoms with Crippen molar-refractivity contribution in [3.63, 3.8) is 0 Å². The average Bonchev–Trinajstić information content (AvgIpc) is 3.29. The number of nitriles is 1. The summed E-state index contributed by atoms with van der Waals surface area (Å²) in [5.41, 5.74) is 2.51. The highest BCUT2D eigenvalue weighted by molar-refractivity contribution is 5.61. The molecule has 1 aliphatic rings. The predicted octanol–water partition coefficient (Wildman–Crippen LogP) is 3.63. The number of benzene rings is 1. The first kappa shape index (κ1) is 12.5. The van der Waals surface area contributed by atoms with Crippen molar-refractivity contribution in [3.05, 3.63) is 66.3 Å². The molecule has 0 N–H and O–H groups in total. The Morgan fingerprint density at radius 3 is 2.65 bits per heavy atom. The molecule has 4 rings (SSSR count). The van der Waals surface area contributed by atoms with Gasteiger partial charge in [0.2, 0.25) is 0 Å². The van der Waals surface area contributed by atoms with Crippen LogP contribution in [0.2, 0.25) is 0 Å². The maximum absolute atomic E-state index is 13.0. The van der Waals surface area contributed by atoms with Crippen LogP contribution in [0.5, 0.6) is 0 Å². The lowest BCUT2D eigenvalue weighted by molar-refractivity contribution is 0.627. The predicted molar refractivity (Wildman–Crippen MR) is 83.3 cm³/mol. The number of hydrogen-bond acceptors (Lipinski definition) is 3. The van der Waals surface area contributed by atoms with Crippen LogP contribution in [-0.4, -0.2) is 14.8 Å². The topological polar surface area (TPSA) is 54.5 Å². The van der Waals surface area contributed by atoms with Crippen molar-refractivity contribution < 1.29 is 5.76 Å². The van der Waals surface area contributed by atoms with E-state index in [0.717, 1.165) is 24.6 Å². The van der Waals surface area contributed by atoms with E-state index in [1.807, 2.05) is 12.1 Å². The fraction of sp³-hybridized carbons (Fsp3) is 0.167. The van der Waals surface area contributed by atoms with Gasteiger partial charge in [0, 0.05) is 5.56 Å². The zero-order valence-corrected chi connectivity index (χ0v) is 12.2. The van der Waals surface area contributed by atoms with Crippen LogP contribution in [0.1, 0.15) is 19.8 Å². The second kappa shape index (κ2) is 5.03. The molecule has 0 aliphatic heterocycles. The Hall–Kier alpha value is -3.00. The Kier molecular flexibility index (Phi) is 2.74. The Bertz CT molecular complexity index is 952. The lowest BCUT2D eigenvalue weighted by atomic mass is 9.96. The summed E-state index contributed by atoms with van der Waals surface area (Å²) in [7, 11) is 0. The van der Waals surface area contributed by atoms with Gasteiger partial charge in [0.05, 0.1) is 42.8 Å². The monoisotopic (exact) mass is 305 g/mol. The van der Waals surface area contributed by atoms with Gasteiger partial charge in [0.15, 0.2) is 5.82 Å². The highest BCUT2D eigenvalue weighted by atomic mass is 19.1. The van der Waals surface area contributed by atoms with Gasteiger partial charge in [-0.15, -0.1) is 0 Å². The summed E-state index contributed by atoms with van der Waals surface area (Å²) < 4.78 is 22.7. The van der Waals surface area contributed by atoms with Gasteiger partial charge < -0.3 is 0 Å². The minimum Gasteiger partial charge on any atom is -0.254 e. The molecule has 0 radical (unpaired) electrons. The molecule has 0 spiro atoms. The van der Waals surface area contributed by atoms with Gasteiger partial charge in [0.25, 0.3) is 0 Å². The average molecular weight is 305 g/mol. The molecule has 4 nitrogen and oxygen atoms in total. The molecule has 0 unspecified atom stereocenters. The van der Waals surface area contributed by atoms with Gasteiger partial charge in [-0.3, -0.25) is 4.98 Å². The maximum Gasteiger partial charge on any atom is 0.161 e. The van der Waals surface area contributed by atoms with E-state index in [1.165, 1.54) is 10.9 Å². The van der Waals surface area contributed by atoms with Crippen LogP contribution in [0.15, 0.2) is 55.0 Å². The molecule has 3 aromatic rings. The third-order valence-electron chi connectivity index (χ3n) is 4.17. The normalized spacial score (nSPS) is 15.7. The quantitative estimate of drug-likeness (QED) is 0.742. The largest absolute Gasteiger partial charge is 0.254 e. The molecule has 0 bridgehead atoms. The van der Waals surface area contributed by atoms with Crippen molar-refractivity contribution in [2.75, 3.05) is 0 Å². The van der Waals surface area contributed by atoms with Crippen LogP contribution < -0.4 is 0 Å². The summed E-state index contributed by atoms with van der Waals surface area (Å²) in [6, 6.07) is 11.7. The Labute approximate surface area is 134 Å². The van der Waals surface area contributed by atoms with E-state index in [9.17, 15) is 9.65 Å². The molecule has 1 saturated carbocycles. The van der Waals surface area contributed by atoms with E-state index in [-0.39, 0.29) is 0 Å². The van der Waals surface area contributed by atoms with E-state index < -0.39 is 11.2 Å². The lowest BCUT2D eigenvalue weighted by Crippen LogP contribution is -2.01. The molecule has 0 amide bonds. The van der Waals surface area contributed by atoms with Gasteiger partial charge in [-0.1, -0.05) is 24.2 Å². The van der Waals surface area contributed by atoms with Crippen molar-refractivity contribution in [3.8, 4) is 23.0 Å². The third kappa shape index (κ3) is 2.38. The first-order chi connectivity index (χ1) is 11.6. The maximum atomic E-state index is 13.0. The fourth-order valence-corrected chi connectivity index (χ4v) is 2.59. The Morgan fingerprint density at radius 2 is 2.09 bits per heavy atom.